The van der Waals surface area contributed by atoms with Crippen molar-refractivity contribution in [1.29, 1.82) is 0 Å². The van der Waals surface area contributed by atoms with Crippen LogP contribution >= 0.6 is 0 Å². The van der Waals surface area contributed by atoms with E-state index in [1.54, 1.807) is 6.07 Å². The number of morpholine rings is 1. The Morgan fingerprint density at radius 1 is 1.40 bits per heavy atom. The van der Waals surface area contributed by atoms with Crippen LogP contribution in [0, 0.1) is 5.82 Å². The zero-order chi connectivity index (χ0) is 13.9. The summed E-state index contributed by atoms with van der Waals surface area (Å²) in [4.78, 5) is 2.41. The molecule has 2 aliphatic rings. The summed E-state index contributed by atoms with van der Waals surface area (Å²) < 4.78 is 19.8. The minimum absolute atomic E-state index is 0.0918. The van der Waals surface area contributed by atoms with Gasteiger partial charge in [-0.1, -0.05) is 12.1 Å². The molecule has 4 heteroatoms. The number of fused-ring (bicyclic) bond motifs is 1. The van der Waals surface area contributed by atoms with Crippen molar-refractivity contribution in [1.82, 2.24) is 10.2 Å². The van der Waals surface area contributed by atoms with E-state index in [0.29, 0.717) is 18.7 Å². The smallest absolute Gasteiger partial charge is 0.127 e. The first-order chi connectivity index (χ1) is 9.78. The third kappa shape index (κ3) is 2.87. The molecule has 3 rings (SSSR count). The molecule has 0 amide bonds. The van der Waals surface area contributed by atoms with Crippen molar-refractivity contribution in [2.24, 2.45) is 0 Å². The Hall–Kier alpha value is -0.970. The van der Waals surface area contributed by atoms with Crippen LogP contribution < -0.4 is 5.32 Å². The van der Waals surface area contributed by atoms with Crippen molar-refractivity contribution in [3.63, 3.8) is 0 Å². The second-order valence-electron chi connectivity index (χ2n) is 5.83. The number of rotatable bonds is 4. The van der Waals surface area contributed by atoms with E-state index in [1.807, 2.05) is 19.2 Å². The lowest BCUT2D eigenvalue weighted by atomic mass is 10.1. The number of nitrogens with zero attached hydrogens (tertiary/aromatic N) is 1. The quantitative estimate of drug-likeness (QED) is 0.914. The number of hydrogen-bond acceptors (Lipinski definition) is 3. The van der Waals surface area contributed by atoms with E-state index in [-0.39, 0.29) is 5.82 Å². The summed E-state index contributed by atoms with van der Waals surface area (Å²) in [6, 6.07) is 5.92. The summed E-state index contributed by atoms with van der Waals surface area (Å²) in [7, 11) is 1.91. The van der Waals surface area contributed by atoms with Crippen LogP contribution in [0.2, 0.25) is 0 Å². The number of halogens is 1. The van der Waals surface area contributed by atoms with Crippen molar-refractivity contribution in [2.45, 2.75) is 44.5 Å². The standard InChI is InChI=1S/C16H23FN2O/c1-18-10-12-5-6-14(17)13(9-12)11-19-7-8-20-16-4-2-3-15(16)19/h5-6,9,15-16,18H,2-4,7-8,10-11H2,1H3. The SMILES string of the molecule is CNCc1ccc(F)c(CN2CCOC3CCCC32)c1. The molecule has 20 heavy (non-hydrogen) atoms. The maximum Gasteiger partial charge on any atom is 0.127 e. The zero-order valence-corrected chi connectivity index (χ0v) is 12.1. The van der Waals surface area contributed by atoms with Crippen molar-refractivity contribution in [3.05, 3.63) is 35.1 Å². The van der Waals surface area contributed by atoms with Gasteiger partial charge in [0.15, 0.2) is 0 Å². The first-order valence-electron chi connectivity index (χ1n) is 7.55. The van der Waals surface area contributed by atoms with Crippen LogP contribution in [0.5, 0.6) is 0 Å². The van der Waals surface area contributed by atoms with Crippen molar-refractivity contribution < 1.29 is 9.13 Å². The predicted octanol–water partition coefficient (Wildman–Crippen LogP) is 2.30. The molecule has 0 bridgehead atoms. The maximum atomic E-state index is 14.0. The Kier molecular flexibility index (Phi) is 4.34. The molecule has 1 saturated heterocycles. The van der Waals surface area contributed by atoms with Crippen molar-refractivity contribution >= 4 is 0 Å². The van der Waals surface area contributed by atoms with Crippen LogP contribution in [0.3, 0.4) is 0 Å². The van der Waals surface area contributed by atoms with Gasteiger partial charge in [-0.15, -0.1) is 0 Å². The predicted molar refractivity (Wildman–Crippen MR) is 77.0 cm³/mol. The molecule has 1 aromatic rings. The summed E-state index contributed by atoms with van der Waals surface area (Å²) in [5.41, 5.74) is 1.95. The summed E-state index contributed by atoms with van der Waals surface area (Å²) in [5.74, 6) is -0.0918. The van der Waals surface area contributed by atoms with Crippen LogP contribution in [-0.4, -0.2) is 37.2 Å². The Labute approximate surface area is 120 Å². The Bertz CT molecular complexity index is 466. The van der Waals surface area contributed by atoms with E-state index in [9.17, 15) is 4.39 Å². The summed E-state index contributed by atoms with van der Waals surface area (Å²) >= 11 is 0. The van der Waals surface area contributed by atoms with Crippen LogP contribution in [-0.2, 0) is 17.8 Å². The highest BCUT2D eigenvalue weighted by molar-refractivity contribution is 5.25. The monoisotopic (exact) mass is 278 g/mol. The lowest BCUT2D eigenvalue weighted by Crippen LogP contribution is -2.47. The summed E-state index contributed by atoms with van der Waals surface area (Å²) in [6.07, 6.45) is 3.94. The lowest BCUT2D eigenvalue weighted by molar-refractivity contribution is -0.0591. The first-order valence-corrected chi connectivity index (χ1v) is 7.55. The van der Waals surface area contributed by atoms with Gasteiger partial charge >= 0.3 is 0 Å². The fourth-order valence-corrected chi connectivity index (χ4v) is 3.48. The van der Waals surface area contributed by atoms with E-state index >= 15 is 0 Å². The molecular weight excluding hydrogens is 255 g/mol. The van der Waals surface area contributed by atoms with Crippen LogP contribution in [0.25, 0.3) is 0 Å². The molecule has 3 nitrogen and oxygen atoms in total. The van der Waals surface area contributed by atoms with Gasteiger partial charge in [0.1, 0.15) is 5.82 Å². The zero-order valence-electron chi connectivity index (χ0n) is 12.1. The highest BCUT2D eigenvalue weighted by atomic mass is 19.1. The third-order valence-electron chi connectivity index (χ3n) is 4.46. The summed E-state index contributed by atoms with van der Waals surface area (Å²) in [6.45, 7) is 3.17. The minimum atomic E-state index is -0.0918. The van der Waals surface area contributed by atoms with Gasteiger partial charge < -0.3 is 10.1 Å². The van der Waals surface area contributed by atoms with Crippen LogP contribution in [0.4, 0.5) is 4.39 Å². The van der Waals surface area contributed by atoms with Crippen molar-refractivity contribution in [2.75, 3.05) is 20.2 Å². The molecule has 1 aromatic carbocycles. The van der Waals surface area contributed by atoms with E-state index in [1.165, 1.54) is 12.8 Å². The largest absolute Gasteiger partial charge is 0.375 e. The molecule has 2 unspecified atom stereocenters. The molecule has 1 aliphatic carbocycles. The summed E-state index contributed by atoms with van der Waals surface area (Å²) in [5, 5.41) is 3.12. The fourth-order valence-electron chi connectivity index (χ4n) is 3.48. The van der Waals surface area contributed by atoms with Crippen molar-refractivity contribution in [3.8, 4) is 0 Å². The maximum absolute atomic E-state index is 14.0. The molecule has 0 spiro atoms. The molecule has 1 saturated carbocycles. The van der Waals surface area contributed by atoms with Crippen LogP contribution in [0.1, 0.15) is 30.4 Å². The topological polar surface area (TPSA) is 24.5 Å². The minimum Gasteiger partial charge on any atom is -0.375 e. The molecule has 1 N–H and O–H groups in total. The van der Waals surface area contributed by atoms with E-state index in [2.05, 4.69) is 10.2 Å². The molecule has 110 valence electrons. The molecule has 2 fully saturated rings. The normalized spacial score (nSPS) is 26.7. The van der Waals surface area contributed by atoms with Gasteiger partial charge in [-0.2, -0.15) is 0 Å². The molecule has 0 aromatic heterocycles. The highest BCUT2D eigenvalue weighted by Gasteiger charge is 2.36. The fraction of sp³-hybridized carbons (Fsp3) is 0.625. The first kappa shape index (κ1) is 14.0. The second kappa shape index (κ2) is 6.20. The average Bonchev–Trinajstić information content (AvgIpc) is 2.92. The molecule has 1 aliphatic heterocycles. The number of benzene rings is 1. The Morgan fingerprint density at radius 3 is 3.15 bits per heavy atom. The third-order valence-corrected chi connectivity index (χ3v) is 4.46. The van der Waals surface area contributed by atoms with Gasteiger partial charge in [-0.3, -0.25) is 4.90 Å². The Morgan fingerprint density at radius 2 is 2.30 bits per heavy atom. The van der Waals surface area contributed by atoms with E-state index in [0.717, 1.165) is 37.2 Å². The molecule has 0 radical (unpaired) electrons. The molecule has 1 heterocycles. The number of ether oxygens (including phenoxy) is 1. The second-order valence-corrected chi connectivity index (χ2v) is 5.83. The molecular formula is C16H23FN2O. The number of hydrogen-bond donors (Lipinski definition) is 1. The van der Waals surface area contributed by atoms with Gasteiger partial charge in [0.2, 0.25) is 0 Å². The van der Waals surface area contributed by atoms with Gasteiger partial charge in [0.25, 0.3) is 0 Å². The van der Waals surface area contributed by atoms with E-state index in [4.69, 9.17) is 4.74 Å². The van der Waals surface area contributed by atoms with Crippen LogP contribution in [0.15, 0.2) is 18.2 Å². The average molecular weight is 278 g/mol. The number of nitrogens with one attached hydrogen (secondary N) is 1. The highest BCUT2D eigenvalue weighted by Crippen LogP contribution is 2.31. The van der Waals surface area contributed by atoms with Gasteiger partial charge in [-0.25, -0.2) is 4.39 Å². The van der Waals surface area contributed by atoms with Gasteiger partial charge in [0, 0.05) is 31.2 Å². The van der Waals surface area contributed by atoms with Gasteiger partial charge in [0.05, 0.1) is 12.7 Å². The lowest BCUT2D eigenvalue weighted by Gasteiger charge is -2.37. The van der Waals surface area contributed by atoms with E-state index < -0.39 is 0 Å². The Balaban J connectivity index is 1.74. The molecule has 2 atom stereocenters. The van der Waals surface area contributed by atoms with Gasteiger partial charge in [-0.05, 0) is 37.9 Å².